The van der Waals surface area contributed by atoms with Crippen LogP contribution in [0.2, 0.25) is 0 Å². The third-order valence-corrected chi connectivity index (χ3v) is 5.57. The number of nitrogens with zero attached hydrogens (tertiary/aromatic N) is 1. The van der Waals surface area contributed by atoms with Gasteiger partial charge in [-0.1, -0.05) is 30.3 Å². The monoisotopic (exact) mass is 460 g/mol. The highest BCUT2D eigenvalue weighted by Gasteiger charge is 2.26. The van der Waals surface area contributed by atoms with Gasteiger partial charge in [-0.05, 0) is 38.5 Å². The van der Waals surface area contributed by atoms with Crippen LogP contribution in [0.1, 0.15) is 19.4 Å². The molecule has 1 heterocycles. The molecule has 2 aromatic carbocycles. The van der Waals surface area contributed by atoms with E-state index in [0.717, 1.165) is 16.9 Å². The molecule has 2 amide bonds. The zero-order valence-electron chi connectivity index (χ0n) is 17.5. The van der Waals surface area contributed by atoms with Crippen LogP contribution in [0.15, 0.2) is 78.0 Å². The molecular formula is C22H25ClN4O3S. The Morgan fingerprint density at radius 3 is 2.35 bits per heavy atom. The van der Waals surface area contributed by atoms with Gasteiger partial charge in [-0.2, -0.15) is 4.57 Å². The van der Waals surface area contributed by atoms with Crippen molar-refractivity contribution in [2.24, 2.45) is 0 Å². The number of nitrogens with one attached hydrogen (secondary N) is 3. The maximum atomic E-state index is 13.1. The van der Waals surface area contributed by atoms with Crippen LogP contribution in [0, 0.1) is 6.92 Å². The first-order chi connectivity index (χ1) is 14.2. The number of para-hydroxylation sites is 1. The number of sulfonamides is 1. The molecule has 9 heteroatoms. The van der Waals surface area contributed by atoms with Gasteiger partial charge >= 0.3 is 6.03 Å². The van der Waals surface area contributed by atoms with Crippen LogP contribution in [-0.4, -0.2) is 20.5 Å². The molecule has 0 fully saturated rings. The number of hydrogen-bond acceptors (Lipinski definition) is 4. The molecule has 0 aliphatic carbocycles. The Kier molecular flexibility index (Phi) is 8.01. The second-order valence-electron chi connectivity index (χ2n) is 7.19. The van der Waals surface area contributed by atoms with Crippen molar-refractivity contribution in [3.8, 4) is 5.69 Å². The summed E-state index contributed by atoms with van der Waals surface area (Å²) in [5.41, 5.74) is 2.94. The quantitative estimate of drug-likeness (QED) is 0.465. The number of rotatable bonds is 6. The summed E-state index contributed by atoms with van der Waals surface area (Å²) in [6, 6.07) is 17.6. The molecule has 0 saturated heterocycles. The SMILES string of the molecule is Cc1cccc(Nc2cc[n+](-c3ccccc3)cc2S(=O)(=O)NC(=O)NC(C)C)c1.[Cl-]. The molecule has 0 spiro atoms. The van der Waals surface area contributed by atoms with Crippen LogP contribution >= 0.6 is 0 Å². The molecule has 164 valence electrons. The van der Waals surface area contributed by atoms with E-state index >= 15 is 0 Å². The second-order valence-corrected chi connectivity index (χ2v) is 8.84. The van der Waals surface area contributed by atoms with E-state index in [-0.39, 0.29) is 23.3 Å². The fourth-order valence-corrected chi connectivity index (χ4v) is 3.97. The number of halogens is 1. The molecular weight excluding hydrogens is 436 g/mol. The minimum Gasteiger partial charge on any atom is -1.00 e. The lowest BCUT2D eigenvalue weighted by molar-refractivity contribution is -0.597. The first-order valence-corrected chi connectivity index (χ1v) is 11.0. The van der Waals surface area contributed by atoms with Crippen molar-refractivity contribution in [1.82, 2.24) is 10.0 Å². The summed E-state index contributed by atoms with van der Waals surface area (Å²) in [5.74, 6) is 0. The predicted octanol–water partition coefficient (Wildman–Crippen LogP) is 0.416. The van der Waals surface area contributed by atoms with E-state index < -0.39 is 16.1 Å². The lowest BCUT2D eigenvalue weighted by Gasteiger charge is -2.14. The van der Waals surface area contributed by atoms with Gasteiger partial charge in [-0.25, -0.2) is 17.9 Å². The summed E-state index contributed by atoms with van der Waals surface area (Å²) in [7, 11) is -4.14. The van der Waals surface area contributed by atoms with Crippen LogP contribution in [0.25, 0.3) is 5.69 Å². The average molecular weight is 461 g/mol. The molecule has 0 bridgehead atoms. The third-order valence-electron chi connectivity index (χ3n) is 4.21. The van der Waals surface area contributed by atoms with Gasteiger partial charge in [0.25, 0.3) is 10.0 Å². The fourth-order valence-electron chi connectivity index (χ4n) is 2.90. The van der Waals surface area contributed by atoms with Gasteiger partial charge < -0.3 is 23.0 Å². The van der Waals surface area contributed by atoms with E-state index in [9.17, 15) is 13.2 Å². The topological polar surface area (TPSA) is 91.2 Å². The van der Waals surface area contributed by atoms with Gasteiger partial charge in [0.2, 0.25) is 5.69 Å². The molecule has 0 aliphatic rings. The van der Waals surface area contributed by atoms with Crippen molar-refractivity contribution in [3.05, 3.63) is 78.6 Å². The van der Waals surface area contributed by atoms with Crippen LogP contribution in [0.5, 0.6) is 0 Å². The van der Waals surface area contributed by atoms with Crippen molar-refractivity contribution in [2.75, 3.05) is 5.32 Å². The first kappa shape index (κ1) is 24.2. The zero-order valence-corrected chi connectivity index (χ0v) is 19.0. The number of carbonyl (C=O) groups is 1. The Labute approximate surface area is 189 Å². The standard InChI is InChI=1S/C22H24N4O3S.ClH/c1-16(2)23-22(27)25-30(28,29)21-15-26(19-10-5-4-6-11-19)13-12-20(21)24-18-9-7-8-17(3)14-18;/h4-16H,1-3H3,(H2,23,25,27);1H. The molecule has 0 aliphatic heterocycles. The first-order valence-electron chi connectivity index (χ1n) is 9.52. The largest absolute Gasteiger partial charge is 1.00 e. The van der Waals surface area contributed by atoms with Gasteiger partial charge in [-0.3, -0.25) is 0 Å². The predicted molar refractivity (Wildman–Crippen MR) is 116 cm³/mol. The minimum atomic E-state index is -4.14. The highest BCUT2D eigenvalue weighted by Crippen LogP contribution is 2.24. The summed E-state index contributed by atoms with van der Waals surface area (Å²) in [6.07, 6.45) is 3.25. The molecule has 3 aromatic rings. The van der Waals surface area contributed by atoms with Crippen molar-refractivity contribution < 1.29 is 30.2 Å². The van der Waals surface area contributed by atoms with E-state index in [1.54, 1.807) is 30.7 Å². The van der Waals surface area contributed by atoms with Gasteiger partial charge in [0, 0.05) is 29.9 Å². The maximum absolute atomic E-state index is 13.1. The molecule has 0 atom stereocenters. The smallest absolute Gasteiger partial charge is 0.328 e. The number of urea groups is 1. The van der Waals surface area contributed by atoms with Crippen LogP contribution in [-0.2, 0) is 10.0 Å². The Hall–Kier alpha value is -3.10. The number of hydrogen-bond donors (Lipinski definition) is 3. The van der Waals surface area contributed by atoms with Crippen molar-refractivity contribution in [3.63, 3.8) is 0 Å². The number of aromatic nitrogens is 1. The fraction of sp³-hybridized carbons (Fsp3) is 0.182. The maximum Gasteiger partial charge on any atom is 0.328 e. The van der Waals surface area contributed by atoms with Gasteiger partial charge in [-0.15, -0.1) is 0 Å². The van der Waals surface area contributed by atoms with E-state index in [1.165, 1.54) is 6.20 Å². The Morgan fingerprint density at radius 2 is 1.71 bits per heavy atom. The molecule has 1 aromatic heterocycles. The average Bonchev–Trinajstić information content (AvgIpc) is 2.68. The highest BCUT2D eigenvalue weighted by atomic mass is 35.5. The molecule has 0 unspecified atom stereocenters. The molecule has 31 heavy (non-hydrogen) atoms. The number of anilines is 2. The Balaban J connectivity index is 0.00000341. The van der Waals surface area contributed by atoms with E-state index in [1.807, 2.05) is 61.5 Å². The van der Waals surface area contributed by atoms with Gasteiger partial charge in [0.15, 0.2) is 17.3 Å². The number of benzene rings is 2. The zero-order chi connectivity index (χ0) is 21.7. The van der Waals surface area contributed by atoms with Gasteiger partial charge in [0.05, 0.1) is 5.69 Å². The summed E-state index contributed by atoms with van der Waals surface area (Å²) in [6.45, 7) is 5.46. The highest BCUT2D eigenvalue weighted by molar-refractivity contribution is 7.90. The van der Waals surface area contributed by atoms with E-state index in [2.05, 4.69) is 15.4 Å². The van der Waals surface area contributed by atoms with Crippen LogP contribution in [0.4, 0.5) is 16.2 Å². The lowest BCUT2D eigenvalue weighted by Crippen LogP contribution is -3.00. The van der Waals surface area contributed by atoms with Crippen molar-refractivity contribution >= 4 is 27.4 Å². The third kappa shape index (κ3) is 6.44. The molecule has 3 N–H and O–H groups in total. The van der Waals surface area contributed by atoms with Crippen LogP contribution < -0.4 is 32.3 Å². The number of amides is 2. The Bertz CT molecular complexity index is 1150. The normalized spacial score (nSPS) is 10.8. The molecule has 0 radical (unpaired) electrons. The minimum absolute atomic E-state index is 0. The second kappa shape index (κ2) is 10.3. The van der Waals surface area contributed by atoms with Crippen molar-refractivity contribution in [2.45, 2.75) is 31.7 Å². The summed E-state index contributed by atoms with van der Waals surface area (Å²) >= 11 is 0. The number of carbonyl (C=O) groups excluding carboxylic acids is 1. The molecule has 7 nitrogen and oxygen atoms in total. The molecule has 0 saturated carbocycles. The van der Waals surface area contributed by atoms with E-state index in [0.29, 0.717) is 5.69 Å². The van der Waals surface area contributed by atoms with E-state index in [4.69, 9.17) is 0 Å². The lowest BCUT2D eigenvalue weighted by atomic mass is 10.2. The van der Waals surface area contributed by atoms with Crippen molar-refractivity contribution in [1.29, 1.82) is 0 Å². The van der Waals surface area contributed by atoms with Gasteiger partial charge in [0.1, 0.15) is 0 Å². The number of pyridine rings is 1. The molecule has 3 rings (SSSR count). The van der Waals surface area contributed by atoms with Crippen LogP contribution in [0.3, 0.4) is 0 Å². The summed E-state index contributed by atoms with van der Waals surface area (Å²) in [4.78, 5) is 12.0. The summed E-state index contributed by atoms with van der Waals surface area (Å²) in [5, 5.41) is 5.68. The number of aryl methyl sites for hydroxylation is 1. The summed E-state index contributed by atoms with van der Waals surface area (Å²) < 4.78 is 29.9. The Morgan fingerprint density at radius 1 is 1.00 bits per heavy atom.